The van der Waals surface area contributed by atoms with Crippen LogP contribution in [0.3, 0.4) is 0 Å². The van der Waals surface area contributed by atoms with Crippen LogP contribution in [0.4, 0.5) is 0 Å². The van der Waals surface area contributed by atoms with Gasteiger partial charge in [0.1, 0.15) is 0 Å². The Morgan fingerprint density at radius 2 is 2.07 bits per heavy atom. The van der Waals surface area contributed by atoms with Crippen molar-refractivity contribution in [2.75, 3.05) is 13.2 Å². The fraction of sp³-hybridized carbons (Fsp3) is 0.875. The van der Waals surface area contributed by atoms with Gasteiger partial charge in [0.25, 0.3) is 0 Å². The maximum atomic E-state index is 11.8. The molecule has 3 N–H and O–H groups in total. The number of nitrogens with one attached hydrogen (secondary N) is 1. The van der Waals surface area contributed by atoms with Gasteiger partial charge in [0.2, 0.25) is 10.0 Å². The molecule has 0 bridgehead atoms. The van der Waals surface area contributed by atoms with Crippen molar-refractivity contribution in [3.05, 3.63) is 0 Å². The van der Waals surface area contributed by atoms with E-state index in [4.69, 9.17) is 22.7 Å². The predicted molar refractivity (Wildman–Crippen MR) is 62.1 cm³/mol. The summed E-state index contributed by atoms with van der Waals surface area (Å²) in [5, 5.41) is -0.386. The quantitative estimate of drug-likeness (QED) is 0.675. The molecule has 0 radical (unpaired) electrons. The second kappa shape index (κ2) is 5.20. The SMILES string of the molecule is CC(NS(=O)(=O)C1CCOCC1)C(N)=S. The Hall–Kier alpha value is -0.240. The second-order valence-electron chi connectivity index (χ2n) is 3.60. The normalized spacial score (nSPS) is 21.1. The summed E-state index contributed by atoms with van der Waals surface area (Å²) in [6.45, 7) is 2.62. The third-order valence-electron chi connectivity index (χ3n) is 2.37. The highest BCUT2D eigenvalue weighted by Crippen LogP contribution is 2.14. The van der Waals surface area contributed by atoms with Crippen LogP contribution < -0.4 is 10.5 Å². The molecule has 0 saturated carbocycles. The van der Waals surface area contributed by atoms with Gasteiger partial charge >= 0.3 is 0 Å². The van der Waals surface area contributed by atoms with E-state index in [2.05, 4.69) is 4.72 Å². The molecule has 0 aromatic carbocycles. The molecule has 5 nitrogen and oxygen atoms in total. The van der Waals surface area contributed by atoms with Gasteiger partial charge in [-0.15, -0.1) is 0 Å². The molecule has 0 aromatic rings. The molecule has 1 saturated heterocycles. The van der Waals surface area contributed by atoms with Crippen molar-refractivity contribution < 1.29 is 13.2 Å². The first-order chi connectivity index (χ1) is 6.93. The summed E-state index contributed by atoms with van der Waals surface area (Å²) in [5.74, 6) is 0. The van der Waals surface area contributed by atoms with E-state index in [1.54, 1.807) is 6.92 Å². The van der Waals surface area contributed by atoms with Crippen LogP contribution in [-0.4, -0.2) is 37.9 Å². The van der Waals surface area contributed by atoms with E-state index in [0.717, 1.165) is 0 Å². The molecular weight excluding hydrogens is 236 g/mol. The third-order valence-corrected chi connectivity index (χ3v) is 4.76. The number of hydrogen-bond donors (Lipinski definition) is 2. The van der Waals surface area contributed by atoms with Gasteiger partial charge in [-0.3, -0.25) is 0 Å². The summed E-state index contributed by atoms with van der Waals surface area (Å²) in [6, 6.07) is -0.493. The minimum absolute atomic E-state index is 0.158. The average molecular weight is 252 g/mol. The molecule has 15 heavy (non-hydrogen) atoms. The molecule has 7 heteroatoms. The molecule has 0 spiro atoms. The molecule has 0 aliphatic carbocycles. The van der Waals surface area contributed by atoms with Gasteiger partial charge in [-0.05, 0) is 19.8 Å². The predicted octanol–water partition coefficient (Wildman–Crippen LogP) is -0.241. The fourth-order valence-electron chi connectivity index (χ4n) is 1.39. The van der Waals surface area contributed by atoms with Gasteiger partial charge in [-0.25, -0.2) is 13.1 Å². The lowest BCUT2D eigenvalue weighted by atomic mass is 10.2. The maximum absolute atomic E-state index is 11.8. The summed E-state index contributed by atoms with van der Waals surface area (Å²) >= 11 is 4.71. The molecule has 1 fully saturated rings. The standard InChI is InChI=1S/C8H16N2O3S2/c1-6(8(9)14)10-15(11,12)7-2-4-13-5-3-7/h6-7,10H,2-5H2,1H3,(H2,9,14). The van der Waals surface area contributed by atoms with E-state index < -0.39 is 16.1 Å². The molecule has 88 valence electrons. The highest BCUT2D eigenvalue weighted by molar-refractivity contribution is 7.90. The van der Waals surface area contributed by atoms with Crippen molar-refractivity contribution in [3.8, 4) is 0 Å². The topological polar surface area (TPSA) is 81.4 Å². The maximum Gasteiger partial charge on any atom is 0.215 e. The van der Waals surface area contributed by atoms with E-state index in [0.29, 0.717) is 26.1 Å². The summed E-state index contributed by atoms with van der Waals surface area (Å²) in [7, 11) is -3.33. The van der Waals surface area contributed by atoms with E-state index in [9.17, 15) is 8.42 Å². The number of thiocarbonyl (C=S) groups is 1. The molecular formula is C8H16N2O3S2. The molecule has 1 heterocycles. The lowest BCUT2D eigenvalue weighted by Gasteiger charge is -2.24. The van der Waals surface area contributed by atoms with Crippen LogP contribution in [0.25, 0.3) is 0 Å². The first kappa shape index (κ1) is 12.8. The average Bonchev–Trinajstić information content (AvgIpc) is 2.18. The molecule has 0 amide bonds. The first-order valence-electron chi connectivity index (χ1n) is 4.81. The Morgan fingerprint density at radius 1 is 1.53 bits per heavy atom. The van der Waals surface area contributed by atoms with Crippen molar-refractivity contribution in [3.63, 3.8) is 0 Å². The molecule has 1 atom stereocenters. The summed E-state index contributed by atoms with van der Waals surface area (Å²) in [4.78, 5) is 0.158. The lowest BCUT2D eigenvalue weighted by Crippen LogP contribution is -2.46. The minimum atomic E-state index is -3.33. The fourth-order valence-corrected chi connectivity index (χ4v) is 3.15. The van der Waals surface area contributed by atoms with Crippen LogP contribution >= 0.6 is 12.2 Å². The number of hydrogen-bond acceptors (Lipinski definition) is 4. The number of nitrogens with two attached hydrogens (primary N) is 1. The van der Waals surface area contributed by atoms with Crippen molar-refractivity contribution in [1.29, 1.82) is 0 Å². The minimum Gasteiger partial charge on any atom is -0.392 e. The highest BCUT2D eigenvalue weighted by Gasteiger charge is 2.29. The summed E-state index contributed by atoms with van der Waals surface area (Å²) in [6.07, 6.45) is 1.05. The van der Waals surface area contributed by atoms with Crippen LogP contribution in [-0.2, 0) is 14.8 Å². The lowest BCUT2D eigenvalue weighted by molar-refractivity contribution is 0.0981. The monoisotopic (exact) mass is 252 g/mol. The Balaban J connectivity index is 2.61. The Morgan fingerprint density at radius 3 is 2.53 bits per heavy atom. The van der Waals surface area contributed by atoms with Crippen LogP contribution in [0.2, 0.25) is 0 Å². The molecule has 0 aromatic heterocycles. The van der Waals surface area contributed by atoms with Gasteiger partial charge in [0.15, 0.2) is 0 Å². The first-order valence-corrected chi connectivity index (χ1v) is 6.77. The van der Waals surface area contributed by atoms with Crippen LogP contribution in [0.5, 0.6) is 0 Å². The smallest absolute Gasteiger partial charge is 0.215 e. The summed E-state index contributed by atoms with van der Waals surface area (Å²) in [5.41, 5.74) is 5.35. The van der Waals surface area contributed by atoms with E-state index in [-0.39, 0.29) is 10.2 Å². The largest absolute Gasteiger partial charge is 0.392 e. The van der Waals surface area contributed by atoms with Crippen molar-refractivity contribution in [2.24, 2.45) is 5.73 Å². The number of sulfonamides is 1. The number of rotatable bonds is 4. The molecule has 1 unspecified atom stereocenters. The zero-order valence-electron chi connectivity index (χ0n) is 8.60. The number of ether oxygens (including phenoxy) is 1. The van der Waals surface area contributed by atoms with Crippen molar-refractivity contribution in [1.82, 2.24) is 4.72 Å². The zero-order valence-corrected chi connectivity index (χ0v) is 10.2. The molecule has 1 rings (SSSR count). The van der Waals surface area contributed by atoms with Crippen molar-refractivity contribution >= 4 is 27.2 Å². The Bertz CT molecular complexity index is 323. The summed E-state index contributed by atoms with van der Waals surface area (Å²) < 4.78 is 31.2. The van der Waals surface area contributed by atoms with Crippen LogP contribution in [0, 0.1) is 0 Å². The van der Waals surface area contributed by atoms with Crippen LogP contribution in [0.15, 0.2) is 0 Å². The highest BCUT2D eigenvalue weighted by atomic mass is 32.2. The molecule has 1 aliphatic heterocycles. The van der Waals surface area contributed by atoms with E-state index in [1.165, 1.54) is 0 Å². The Labute approximate surface area is 95.4 Å². The van der Waals surface area contributed by atoms with E-state index >= 15 is 0 Å². The van der Waals surface area contributed by atoms with Gasteiger partial charge in [-0.1, -0.05) is 12.2 Å². The van der Waals surface area contributed by atoms with Gasteiger partial charge in [0.05, 0.1) is 16.3 Å². The Kier molecular flexibility index (Phi) is 4.45. The van der Waals surface area contributed by atoms with Gasteiger partial charge in [-0.2, -0.15) is 0 Å². The second-order valence-corrected chi connectivity index (χ2v) is 6.06. The van der Waals surface area contributed by atoms with Gasteiger partial charge in [0, 0.05) is 13.2 Å². The van der Waals surface area contributed by atoms with E-state index in [1.807, 2.05) is 0 Å². The third kappa shape index (κ3) is 3.67. The van der Waals surface area contributed by atoms with Crippen LogP contribution in [0.1, 0.15) is 19.8 Å². The van der Waals surface area contributed by atoms with Crippen molar-refractivity contribution in [2.45, 2.75) is 31.1 Å². The van der Waals surface area contributed by atoms with Gasteiger partial charge < -0.3 is 10.5 Å². The zero-order chi connectivity index (χ0) is 11.5. The molecule has 1 aliphatic rings.